The largest absolute Gasteiger partial charge is 0.369 e. The Balaban J connectivity index is 3.02. The number of rotatable bonds is 2. The molecule has 0 bridgehead atoms. The van der Waals surface area contributed by atoms with Crippen LogP contribution in [0.4, 0.5) is 5.69 Å². The number of halogens is 1. The summed E-state index contributed by atoms with van der Waals surface area (Å²) in [6.45, 7) is 0. The normalized spacial score (nSPS) is 11.2. The second-order valence-corrected chi connectivity index (χ2v) is 4.47. The van der Waals surface area contributed by atoms with Crippen LogP contribution in [0.2, 0.25) is 0 Å². The number of hydrogen-bond donors (Lipinski definition) is 1. The van der Waals surface area contributed by atoms with E-state index in [9.17, 15) is 8.42 Å². The topological polar surface area (TPSA) is 57.6 Å². The molecule has 6 heteroatoms. The van der Waals surface area contributed by atoms with Gasteiger partial charge in [0.2, 0.25) is 0 Å². The van der Waals surface area contributed by atoms with Crippen molar-refractivity contribution in [2.45, 2.75) is 0 Å². The van der Waals surface area contributed by atoms with Crippen molar-refractivity contribution in [1.82, 2.24) is 0 Å². The summed E-state index contributed by atoms with van der Waals surface area (Å²) in [5.74, 6) is 0. The van der Waals surface area contributed by atoms with Crippen LogP contribution in [0.25, 0.3) is 0 Å². The molecule has 0 aliphatic rings. The predicted octanol–water partition coefficient (Wildman–Crippen LogP) is 1.61. The summed E-state index contributed by atoms with van der Waals surface area (Å²) < 4.78 is 30.3. The zero-order valence-corrected chi connectivity index (χ0v) is 8.29. The summed E-state index contributed by atoms with van der Waals surface area (Å²) in [7, 11) is -4.21. The summed E-state index contributed by atoms with van der Waals surface area (Å²) in [5, 5.41) is 0. The van der Waals surface area contributed by atoms with Crippen molar-refractivity contribution < 1.29 is 13.0 Å². The van der Waals surface area contributed by atoms with E-state index in [0.717, 1.165) is 0 Å². The quantitative estimate of drug-likeness (QED) is 0.642. The van der Waals surface area contributed by atoms with E-state index in [1.807, 2.05) is 0 Å². The molecule has 4 nitrogen and oxygen atoms in total. The van der Waals surface area contributed by atoms with E-state index >= 15 is 0 Å². The molecule has 0 heterocycles. The van der Waals surface area contributed by atoms with Crippen molar-refractivity contribution in [3.63, 3.8) is 0 Å². The zero-order valence-electron chi connectivity index (χ0n) is 5.88. The van der Waals surface area contributed by atoms with Gasteiger partial charge in [0.05, 0.1) is 21.8 Å². The molecule has 1 aromatic carbocycles. The smallest absolute Gasteiger partial charge is 0.268 e. The van der Waals surface area contributed by atoms with Crippen LogP contribution in [0.5, 0.6) is 0 Å². The maximum atomic E-state index is 10.6. The van der Waals surface area contributed by atoms with E-state index in [-0.39, 0.29) is 0 Å². The van der Waals surface area contributed by atoms with E-state index in [2.05, 4.69) is 16.1 Å². The van der Waals surface area contributed by atoms with Crippen molar-refractivity contribution in [3.8, 4) is 0 Å². The van der Waals surface area contributed by atoms with Gasteiger partial charge >= 0.3 is 10.3 Å². The molecule has 0 aromatic heterocycles. The van der Waals surface area contributed by atoms with Crippen LogP contribution < -0.4 is 3.33 Å². The molecule has 1 aromatic rings. The summed E-state index contributed by atoms with van der Waals surface area (Å²) >= 11 is 2.70. The van der Waals surface area contributed by atoms with Crippen LogP contribution in [-0.2, 0) is 10.3 Å². The minimum Gasteiger partial charge on any atom is -0.268 e. The number of para-hydroxylation sites is 1. The molecule has 0 unspecified atom stereocenters. The molecule has 0 amide bonds. The lowest BCUT2D eigenvalue weighted by Gasteiger charge is -2.10. The van der Waals surface area contributed by atoms with Crippen LogP contribution in [0.15, 0.2) is 30.3 Å². The molecule has 12 heavy (non-hydrogen) atoms. The Hall–Kier alpha value is -0.590. The van der Waals surface area contributed by atoms with E-state index in [1.54, 1.807) is 30.3 Å². The molecule has 66 valence electrons. The van der Waals surface area contributed by atoms with Crippen LogP contribution in [0.1, 0.15) is 0 Å². The van der Waals surface area contributed by atoms with Gasteiger partial charge in [0.25, 0.3) is 0 Å². The van der Waals surface area contributed by atoms with E-state index in [1.165, 1.54) is 0 Å². The van der Waals surface area contributed by atoms with Gasteiger partial charge in [-0.2, -0.15) is 11.7 Å². The molecular formula is C6H6BrNO3S. The summed E-state index contributed by atoms with van der Waals surface area (Å²) in [5.41, 5.74) is 0.347. The molecule has 0 fully saturated rings. The lowest BCUT2D eigenvalue weighted by Crippen LogP contribution is -2.18. The SMILES string of the molecule is O=S(=O)(O)N(Br)c1ccccc1. The predicted molar refractivity (Wildman–Crippen MR) is 49.4 cm³/mol. The Morgan fingerprint density at radius 2 is 1.75 bits per heavy atom. The molecule has 1 N–H and O–H groups in total. The second kappa shape index (κ2) is 3.42. The van der Waals surface area contributed by atoms with Crippen molar-refractivity contribution in [1.29, 1.82) is 0 Å². The first-order chi connectivity index (χ1) is 5.52. The highest BCUT2D eigenvalue weighted by molar-refractivity contribution is 9.11. The van der Waals surface area contributed by atoms with E-state index < -0.39 is 10.3 Å². The highest BCUT2D eigenvalue weighted by Gasteiger charge is 2.15. The van der Waals surface area contributed by atoms with Gasteiger partial charge < -0.3 is 0 Å². The van der Waals surface area contributed by atoms with Crippen molar-refractivity contribution in [2.75, 3.05) is 3.33 Å². The molecular weight excluding hydrogens is 246 g/mol. The van der Waals surface area contributed by atoms with Crippen LogP contribution in [0, 0.1) is 0 Å². The van der Waals surface area contributed by atoms with Gasteiger partial charge in [-0.3, -0.25) is 4.55 Å². The molecule has 0 radical (unpaired) electrons. The average Bonchev–Trinajstić information content (AvgIpc) is 2.03. The molecule has 0 saturated heterocycles. The zero-order chi connectivity index (χ0) is 9.19. The van der Waals surface area contributed by atoms with Gasteiger partial charge in [0.1, 0.15) is 0 Å². The van der Waals surface area contributed by atoms with Crippen molar-refractivity contribution in [2.24, 2.45) is 0 Å². The van der Waals surface area contributed by atoms with Gasteiger partial charge in [-0.1, -0.05) is 18.2 Å². The van der Waals surface area contributed by atoms with Crippen LogP contribution in [0.3, 0.4) is 0 Å². The average molecular weight is 252 g/mol. The fraction of sp³-hybridized carbons (Fsp3) is 0. The molecule has 0 aliphatic heterocycles. The van der Waals surface area contributed by atoms with E-state index in [0.29, 0.717) is 9.02 Å². The van der Waals surface area contributed by atoms with Gasteiger partial charge in [0, 0.05) is 0 Å². The maximum absolute atomic E-state index is 10.6. The molecule has 0 spiro atoms. The summed E-state index contributed by atoms with van der Waals surface area (Å²) in [6, 6.07) is 8.16. The highest BCUT2D eigenvalue weighted by atomic mass is 79.9. The number of benzene rings is 1. The Labute approximate surface area is 79.0 Å². The third-order valence-corrected chi connectivity index (χ3v) is 3.28. The Bertz CT molecular complexity index is 350. The summed E-state index contributed by atoms with van der Waals surface area (Å²) in [6.07, 6.45) is 0. The molecule has 0 aliphatic carbocycles. The molecule has 0 saturated carbocycles. The van der Waals surface area contributed by atoms with Gasteiger partial charge in [0.15, 0.2) is 0 Å². The Morgan fingerprint density at radius 1 is 1.25 bits per heavy atom. The minimum atomic E-state index is -4.21. The van der Waals surface area contributed by atoms with Crippen LogP contribution >= 0.6 is 16.1 Å². The Morgan fingerprint density at radius 3 is 2.17 bits per heavy atom. The van der Waals surface area contributed by atoms with Crippen molar-refractivity contribution in [3.05, 3.63) is 30.3 Å². The lowest BCUT2D eigenvalue weighted by atomic mass is 10.3. The second-order valence-electron chi connectivity index (χ2n) is 2.03. The first-order valence-electron chi connectivity index (χ1n) is 3.00. The lowest BCUT2D eigenvalue weighted by molar-refractivity contribution is 0.486. The third-order valence-electron chi connectivity index (χ3n) is 1.16. The van der Waals surface area contributed by atoms with Gasteiger partial charge in [-0.15, -0.1) is 0 Å². The molecule has 0 atom stereocenters. The van der Waals surface area contributed by atoms with E-state index in [4.69, 9.17) is 4.55 Å². The number of hydrogen-bond acceptors (Lipinski definition) is 2. The fourth-order valence-corrected chi connectivity index (χ4v) is 1.30. The molecule has 1 rings (SSSR count). The fourth-order valence-electron chi connectivity index (χ4n) is 0.678. The Kier molecular flexibility index (Phi) is 2.71. The van der Waals surface area contributed by atoms with Gasteiger partial charge in [-0.05, 0) is 12.1 Å². The first-order valence-corrected chi connectivity index (χ1v) is 5.11. The number of nitrogens with zero attached hydrogens (tertiary/aromatic N) is 1. The maximum Gasteiger partial charge on any atom is 0.369 e. The summed E-state index contributed by atoms with van der Waals surface area (Å²) in [4.78, 5) is 0. The third kappa shape index (κ3) is 2.20. The standard InChI is InChI=1S/C6H6BrNO3S/c7-8(12(9,10)11)6-4-2-1-3-5-6/h1-5H,(H,9,10,11). The first kappa shape index (κ1) is 9.50. The van der Waals surface area contributed by atoms with Crippen LogP contribution in [-0.4, -0.2) is 13.0 Å². The van der Waals surface area contributed by atoms with Crippen molar-refractivity contribution >= 4 is 32.1 Å². The monoisotopic (exact) mass is 251 g/mol. The highest BCUT2D eigenvalue weighted by Crippen LogP contribution is 2.19. The van der Waals surface area contributed by atoms with Gasteiger partial charge in [-0.25, -0.2) is 0 Å². The minimum absolute atomic E-state index is 0.347. The number of anilines is 1.